The van der Waals surface area contributed by atoms with Crippen LogP contribution in [0, 0.1) is 10.1 Å². The highest BCUT2D eigenvalue weighted by Gasteiger charge is 2.15. The first-order chi connectivity index (χ1) is 17.9. The Morgan fingerprint density at radius 1 is 0.865 bits per heavy atom. The number of fused-ring (bicyclic) bond motifs is 2. The lowest BCUT2D eigenvalue weighted by molar-refractivity contribution is -0.383. The van der Waals surface area contributed by atoms with Crippen LogP contribution in [-0.2, 0) is 9.47 Å². The lowest BCUT2D eigenvalue weighted by Crippen LogP contribution is -2.04. The number of aromatic nitrogens is 2. The second-order valence-corrected chi connectivity index (χ2v) is 7.36. The summed E-state index contributed by atoms with van der Waals surface area (Å²) < 4.78 is 20.7. The predicted molar refractivity (Wildman–Crippen MR) is 142 cm³/mol. The molecular weight excluding hydrogens is 480 g/mol. The van der Waals surface area contributed by atoms with Crippen LogP contribution in [0.25, 0.3) is 21.8 Å². The number of aliphatic hydroxyl groups is 1. The molecule has 37 heavy (non-hydrogen) atoms. The van der Waals surface area contributed by atoms with Crippen molar-refractivity contribution in [1.29, 1.82) is 0 Å². The fourth-order valence-corrected chi connectivity index (χ4v) is 3.13. The molecule has 0 unspecified atom stereocenters. The van der Waals surface area contributed by atoms with Gasteiger partial charge in [0, 0.05) is 50.1 Å². The monoisotopic (exact) mass is 512 g/mol. The molecule has 0 aliphatic rings. The zero-order valence-corrected chi connectivity index (χ0v) is 21.1. The summed E-state index contributed by atoms with van der Waals surface area (Å²) in [6, 6.07) is 14.1. The Morgan fingerprint density at radius 3 is 1.86 bits per heavy atom. The molecule has 0 radical (unpaired) electrons. The molecule has 0 spiro atoms. The summed E-state index contributed by atoms with van der Waals surface area (Å²) in [6.07, 6.45) is 3.25. The summed E-state index contributed by atoms with van der Waals surface area (Å²) >= 11 is 0. The first kappa shape index (κ1) is 29.2. The van der Waals surface area contributed by atoms with Crippen LogP contribution >= 0.6 is 0 Å². The van der Waals surface area contributed by atoms with Gasteiger partial charge in [-0.2, -0.15) is 0 Å². The molecule has 2 aromatic heterocycles. The lowest BCUT2D eigenvalue weighted by Gasteiger charge is -2.08. The van der Waals surface area contributed by atoms with Crippen LogP contribution in [0.5, 0.6) is 11.5 Å². The van der Waals surface area contributed by atoms with Crippen LogP contribution in [0.3, 0.4) is 0 Å². The van der Waals surface area contributed by atoms with Crippen LogP contribution < -0.4 is 15.2 Å². The number of benzene rings is 2. The number of nitrogens with zero attached hydrogens (tertiary/aromatic N) is 3. The molecule has 0 bridgehead atoms. The van der Waals surface area contributed by atoms with Gasteiger partial charge in [-0.05, 0) is 31.2 Å². The first-order valence-electron chi connectivity index (χ1n) is 11.5. The Hall–Kier alpha value is -4.06. The van der Waals surface area contributed by atoms with E-state index in [0.29, 0.717) is 48.8 Å². The second kappa shape index (κ2) is 15.8. The van der Waals surface area contributed by atoms with E-state index in [1.54, 1.807) is 51.6 Å². The molecule has 3 N–H and O–H groups in total. The van der Waals surface area contributed by atoms with Crippen molar-refractivity contribution < 1.29 is 29.0 Å². The summed E-state index contributed by atoms with van der Waals surface area (Å²) in [5.74, 6) is 1.19. The average molecular weight is 513 g/mol. The number of nitrogens with two attached hydrogens (primary N) is 1. The Labute approximate surface area is 214 Å². The van der Waals surface area contributed by atoms with Gasteiger partial charge in [0.1, 0.15) is 30.2 Å². The van der Waals surface area contributed by atoms with E-state index < -0.39 is 4.92 Å². The Balaban J connectivity index is 0.000000237. The molecule has 11 heteroatoms. The quantitative estimate of drug-likeness (QED) is 0.146. The molecule has 0 aliphatic heterocycles. The van der Waals surface area contributed by atoms with Crippen LogP contribution in [0.15, 0.2) is 60.9 Å². The maximum absolute atomic E-state index is 11.0. The molecule has 2 aromatic carbocycles. The third kappa shape index (κ3) is 9.15. The smallest absolute Gasteiger partial charge is 0.299 e. The van der Waals surface area contributed by atoms with Crippen LogP contribution in [0.1, 0.15) is 6.92 Å². The number of methoxy groups -OCH3 is 2. The van der Waals surface area contributed by atoms with E-state index in [0.717, 1.165) is 16.7 Å². The highest BCUT2D eigenvalue weighted by molar-refractivity contribution is 5.90. The average Bonchev–Trinajstić information content (AvgIpc) is 2.89. The molecule has 0 aliphatic carbocycles. The first-order valence-corrected chi connectivity index (χ1v) is 11.5. The van der Waals surface area contributed by atoms with E-state index in [1.807, 2.05) is 18.2 Å². The number of aliphatic hydroxyl groups excluding tert-OH is 1. The SMILES string of the molecule is CCO.COCCOc1cc(N)c2ncccc2c1.COCCOc1cc([N+](=O)[O-])c2ncccc2c1. The summed E-state index contributed by atoms with van der Waals surface area (Å²) in [7, 11) is 3.21. The molecule has 0 fully saturated rings. The van der Waals surface area contributed by atoms with Gasteiger partial charge in [-0.3, -0.25) is 15.1 Å². The van der Waals surface area contributed by atoms with Gasteiger partial charge in [0.15, 0.2) is 0 Å². The predicted octanol–water partition coefficient (Wildman–Crippen LogP) is 4.01. The van der Waals surface area contributed by atoms with Crippen LogP contribution in [-0.4, -0.2) is 67.3 Å². The fraction of sp³-hybridized carbons (Fsp3) is 0.308. The van der Waals surface area contributed by atoms with Gasteiger partial charge in [0.2, 0.25) is 0 Å². The van der Waals surface area contributed by atoms with E-state index in [2.05, 4.69) is 9.97 Å². The largest absolute Gasteiger partial charge is 0.491 e. The lowest BCUT2D eigenvalue weighted by atomic mass is 10.2. The minimum Gasteiger partial charge on any atom is -0.491 e. The van der Waals surface area contributed by atoms with Gasteiger partial charge < -0.3 is 29.8 Å². The highest BCUT2D eigenvalue weighted by atomic mass is 16.6. The van der Waals surface area contributed by atoms with Crippen LogP contribution in [0.2, 0.25) is 0 Å². The van der Waals surface area contributed by atoms with Crippen molar-refractivity contribution in [2.75, 3.05) is 53.0 Å². The molecule has 2 heterocycles. The Bertz CT molecular complexity index is 1270. The Kier molecular flexibility index (Phi) is 12.5. The van der Waals surface area contributed by atoms with Crippen molar-refractivity contribution in [3.63, 3.8) is 0 Å². The zero-order valence-electron chi connectivity index (χ0n) is 21.1. The minimum absolute atomic E-state index is 0.0551. The molecular formula is C26H32N4O7. The number of non-ortho nitro benzene ring substituents is 1. The highest BCUT2D eigenvalue weighted by Crippen LogP contribution is 2.29. The van der Waals surface area contributed by atoms with Crippen molar-refractivity contribution >= 4 is 33.2 Å². The van der Waals surface area contributed by atoms with E-state index in [-0.39, 0.29) is 12.3 Å². The van der Waals surface area contributed by atoms with E-state index in [9.17, 15) is 10.1 Å². The van der Waals surface area contributed by atoms with E-state index in [4.69, 9.17) is 29.8 Å². The number of rotatable bonds is 9. The number of pyridine rings is 2. The molecule has 4 rings (SSSR count). The van der Waals surface area contributed by atoms with Crippen molar-refractivity contribution in [2.45, 2.75) is 6.92 Å². The van der Waals surface area contributed by atoms with E-state index >= 15 is 0 Å². The normalized spacial score (nSPS) is 10.2. The summed E-state index contributed by atoms with van der Waals surface area (Å²) in [5.41, 5.74) is 7.63. The molecule has 198 valence electrons. The minimum atomic E-state index is -0.460. The van der Waals surface area contributed by atoms with Crippen molar-refractivity contribution in [1.82, 2.24) is 9.97 Å². The van der Waals surface area contributed by atoms with Gasteiger partial charge in [0.05, 0.1) is 35.4 Å². The van der Waals surface area contributed by atoms with Crippen LogP contribution in [0.4, 0.5) is 11.4 Å². The van der Waals surface area contributed by atoms with Gasteiger partial charge >= 0.3 is 0 Å². The summed E-state index contributed by atoms with van der Waals surface area (Å²) in [5, 5.41) is 20.2. The van der Waals surface area contributed by atoms with Gasteiger partial charge in [-0.15, -0.1) is 0 Å². The summed E-state index contributed by atoms with van der Waals surface area (Å²) in [4.78, 5) is 18.8. The van der Waals surface area contributed by atoms with Crippen molar-refractivity contribution in [2.24, 2.45) is 0 Å². The number of hydrogen-bond donors (Lipinski definition) is 2. The maximum atomic E-state index is 11.0. The Morgan fingerprint density at radius 2 is 1.35 bits per heavy atom. The zero-order chi connectivity index (χ0) is 27.0. The van der Waals surface area contributed by atoms with Gasteiger partial charge in [0.25, 0.3) is 5.69 Å². The topological polar surface area (TPSA) is 152 Å². The fourth-order valence-electron chi connectivity index (χ4n) is 3.13. The number of ether oxygens (including phenoxy) is 4. The number of nitro benzene ring substituents is 1. The molecule has 11 nitrogen and oxygen atoms in total. The van der Waals surface area contributed by atoms with E-state index in [1.165, 1.54) is 12.3 Å². The van der Waals surface area contributed by atoms with Crippen molar-refractivity contribution in [3.8, 4) is 11.5 Å². The number of nitro groups is 1. The van der Waals surface area contributed by atoms with Gasteiger partial charge in [-0.25, -0.2) is 4.98 Å². The maximum Gasteiger partial charge on any atom is 0.299 e. The third-order valence-corrected chi connectivity index (χ3v) is 4.68. The molecule has 0 atom stereocenters. The standard InChI is InChI=1S/C12H12N2O4.C12H14N2O2.C2H6O/c1-17-5-6-18-10-7-9-3-2-4-13-12(9)11(8-10)14(15)16;1-15-5-6-16-10-7-9-3-2-4-14-12(9)11(13)8-10;1-2-3/h2-4,7-8H,5-6H2,1H3;2-4,7-8H,5-6,13H2,1H3;3H,2H2,1H3. The molecule has 0 saturated heterocycles. The number of hydrogen-bond acceptors (Lipinski definition) is 10. The second-order valence-electron chi connectivity index (χ2n) is 7.36. The number of nitrogen functional groups attached to an aromatic ring is 1. The van der Waals surface area contributed by atoms with Gasteiger partial charge in [-0.1, -0.05) is 12.1 Å². The molecule has 4 aromatic rings. The molecule has 0 saturated carbocycles. The number of anilines is 1. The summed E-state index contributed by atoms with van der Waals surface area (Å²) in [6.45, 7) is 3.78. The molecule has 0 amide bonds. The van der Waals surface area contributed by atoms with Crippen molar-refractivity contribution in [3.05, 3.63) is 71.0 Å². The third-order valence-electron chi connectivity index (χ3n) is 4.68.